The number of carbonyl (C=O) groups is 1. The highest BCUT2D eigenvalue weighted by molar-refractivity contribution is 6.35. The van der Waals surface area contributed by atoms with Gasteiger partial charge in [-0.15, -0.1) is 0 Å². The van der Waals surface area contributed by atoms with E-state index in [1.807, 2.05) is 13.0 Å². The Kier molecular flexibility index (Phi) is 4.76. The van der Waals surface area contributed by atoms with E-state index in [9.17, 15) is 4.79 Å². The predicted octanol–water partition coefficient (Wildman–Crippen LogP) is 4.16. The minimum atomic E-state index is -0.0795. The molecule has 0 aliphatic heterocycles. The van der Waals surface area contributed by atoms with Crippen LogP contribution in [0.1, 0.15) is 21.5 Å². The molecule has 110 valence electrons. The maximum absolute atomic E-state index is 12.4. The van der Waals surface area contributed by atoms with Crippen LogP contribution in [0.4, 0.5) is 5.69 Å². The van der Waals surface area contributed by atoms with Crippen LogP contribution in [0.3, 0.4) is 0 Å². The molecule has 5 heteroatoms. The molecule has 0 unspecified atom stereocenters. The van der Waals surface area contributed by atoms with Crippen LogP contribution < -0.4 is 5.73 Å². The fourth-order valence-electron chi connectivity index (χ4n) is 2.01. The van der Waals surface area contributed by atoms with E-state index in [1.165, 1.54) is 0 Å². The Morgan fingerprint density at radius 3 is 2.52 bits per heavy atom. The van der Waals surface area contributed by atoms with Gasteiger partial charge in [0, 0.05) is 34.9 Å². The number of carbonyl (C=O) groups excluding carboxylic acids is 1. The number of hydrogen-bond donors (Lipinski definition) is 1. The van der Waals surface area contributed by atoms with Crippen LogP contribution in [0.5, 0.6) is 0 Å². The molecular weight excluding hydrogens is 307 g/mol. The van der Waals surface area contributed by atoms with E-state index in [0.717, 1.165) is 11.1 Å². The first-order chi connectivity index (χ1) is 9.88. The third kappa shape index (κ3) is 3.69. The van der Waals surface area contributed by atoms with Crippen molar-refractivity contribution in [1.29, 1.82) is 0 Å². The highest BCUT2D eigenvalue weighted by Crippen LogP contribution is 2.23. The Hall–Kier alpha value is -1.71. The molecule has 0 atom stereocenters. The van der Waals surface area contributed by atoms with E-state index in [-0.39, 0.29) is 5.91 Å². The van der Waals surface area contributed by atoms with E-state index in [0.29, 0.717) is 27.8 Å². The molecule has 2 N–H and O–H groups in total. The summed E-state index contributed by atoms with van der Waals surface area (Å²) < 4.78 is 0. The smallest absolute Gasteiger partial charge is 0.253 e. The third-order valence-electron chi connectivity index (χ3n) is 3.29. The molecule has 0 aromatic heterocycles. The van der Waals surface area contributed by atoms with Gasteiger partial charge in [-0.05, 0) is 48.4 Å². The number of benzene rings is 2. The quantitative estimate of drug-likeness (QED) is 0.862. The molecule has 0 bridgehead atoms. The normalized spacial score (nSPS) is 10.5. The van der Waals surface area contributed by atoms with Crippen molar-refractivity contribution in [3.63, 3.8) is 0 Å². The van der Waals surface area contributed by atoms with Crippen LogP contribution in [0.2, 0.25) is 10.0 Å². The molecule has 0 radical (unpaired) electrons. The van der Waals surface area contributed by atoms with Crippen LogP contribution in [0.15, 0.2) is 36.4 Å². The Morgan fingerprint density at radius 1 is 1.19 bits per heavy atom. The molecule has 0 fully saturated rings. The number of nitrogens with zero attached hydrogens (tertiary/aromatic N) is 1. The molecule has 21 heavy (non-hydrogen) atoms. The van der Waals surface area contributed by atoms with Crippen molar-refractivity contribution in [3.8, 4) is 0 Å². The summed E-state index contributed by atoms with van der Waals surface area (Å²) in [6, 6.07) is 10.5. The summed E-state index contributed by atoms with van der Waals surface area (Å²) in [5, 5.41) is 1.13. The number of amides is 1. The van der Waals surface area contributed by atoms with Crippen molar-refractivity contribution < 1.29 is 4.79 Å². The molecule has 0 heterocycles. The van der Waals surface area contributed by atoms with Crippen molar-refractivity contribution >= 4 is 34.8 Å². The molecule has 1 amide bonds. The van der Waals surface area contributed by atoms with Gasteiger partial charge in [0.25, 0.3) is 5.91 Å². The molecule has 2 aromatic carbocycles. The minimum absolute atomic E-state index is 0.0795. The second kappa shape index (κ2) is 6.37. The van der Waals surface area contributed by atoms with Gasteiger partial charge in [-0.25, -0.2) is 0 Å². The lowest BCUT2D eigenvalue weighted by Crippen LogP contribution is -2.26. The third-order valence-corrected chi connectivity index (χ3v) is 3.87. The van der Waals surface area contributed by atoms with E-state index < -0.39 is 0 Å². The van der Waals surface area contributed by atoms with E-state index >= 15 is 0 Å². The lowest BCUT2D eigenvalue weighted by Gasteiger charge is -2.18. The standard InChI is InChI=1S/C16H16Cl2N2O/c1-10-7-11(4-6-15(10)19)16(21)20(2)9-12-3-5-13(17)8-14(12)18/h3-8H,9,19H2,1-2H3. The Morgan fingerprint density at radius 2 is 1.90 bits per heavy atom. The first-order valence-corrected chi connectivity index (χ1v) is 7.19. The number of anilines is 1. The summed E-state index contributed by atoms with van der Waals surface area (Å²) in [5.74, 6) is -0.0795. The number of halogens is 2. The van der Waals surface area contributed by atoms with Crippen LogP contribution in [-0.2, 0) is 6.54 Å². The van der Waals surface area contributed by atoms with Crippen molar-refractivity contribution in [3.05, 3.63) is 63.1 Å². The van der Waals surface area contributed by atoms with E-state index in [2.05, 4.69) is 0 Å². The molecule has 3 nitrogen and oxygen atoms in total. The number of nitrogen functional groups attached to an aromatic ring is 1. The van der Waals surface area contributed by atoms with Crippen LogP contribution in [-0.4, -0.2) is 17.9 Å². The van der Waals surface area contributed by atoms with E-state index in [1.54, 1.807) is 42.3 Å². The summed E-state index contributed by atoms with van der Waals surface area (Å²) >= 11 is 12.0. The summed E-state index contributed by atoms with van der Waals surface area (Å²) in [6.45, 7) is 2.29. The van der Waals surface area contributed by atoms with Gasteiger partial charge in [0.1, 0.15) is 0 Å². The zero-order valence-electron chi connectivity index (χ0n) is 11.9. The lowest BCUT2D eigenvalue weighted by molar-refractivity contribution is 0.0785. The van der Waals surface area contributed by atoms with Gasteiger partial charge >= 0.3 is 0 Å². The maximum Gasteiger partial charge on any atom is 0.253 e. The maximum atomic E-state index is 12.4. The average molecular weight is 323 g/mol. The highest BCUT2D eigenvalue weighted by Gasteiger charge is 2.14. The van der Waals surface area contributed by atoms with Crippen LogP contribution in [0.25, 0.3) is 0 Å². The van der Waals surface area contributed by atoms with Crippen LogP contribution >= 0.6 is 23.2 Å². The topological polar surface area (TPSA) is 46.3 Å². The fourth-order valence-corrected chi connectivity index (χ4v) is 2.47. The van der Waals surface area contributed by atoms with Crippen molar-refractivity contribution in [2.45, 2.75) is 13.5 Å². The van der Waals surface area contributed by atoms with Crippen molar-refractivity contribution in [2.24, 2.45) is 0 Å². The number of hydrogen-bond acceptors (Lipinski definition) is 2. The Labute approximate surface area is 134 Å². The molecule has 0 spiro atoms. The summed E-state index contributed by atoms with van der Waals surface area (Å²) in [4.78, 5) is 14.0. The largest absolute Gasteiger partial charge is 0.399 e. The van der Waals surface area contributed by atoms with Gasteiger partial charge in [-0.2, -0.15) is 0 Å². The summed E-state index contributed by atoms with van der Waals surface area (Å²) in [5.41, 5.74) is 8.79. The highest BCUT2D eigenvalue weighted by atomic mass is 35.5. The zero-order chi connectivity index (χ0) is 15.6. The second-order valence-corrected chi connectivity index (χ2v) is 5.81. The molecule has 0 aliphatic rings. The van der Waals surface area contributed by atoms with Gasteiger partial charge in [0.2, 0.25) is 0 Å². The van der Waals surface area contributed by atoms with Gasteiger partial charge in [0.15, 0.2) is 0 Å². The van der Waals surface area contributed by atoms with Gasteiger partial charge in [-0.3, -0.25) is 4.79 Å². The first-order valence-electron chi connectivity index (χ1n) is 6.44. The average Bonchev–Trinajstić information content (AvgIpc) is 2.44. The monoisotopic (exact) mass is 322 g/mol. The summed E-state index contributed by atoms with van der Waals surface area (Å²) in [7, 11) is 1.74. The lowest BCUT2D eigenvalue weighted by atomic mass is 10.1. The van der Waals surface area contributed by atoms with E-state index in [4.69, 9.17) is 28.9 Å². The molecule has 0 saturated carbocycles. The SMILES string of the molecule is Cc1cc(C(=O)N(C)Cc2ccc(Cl)cc2Cl)ccc1N. The summed E-state index contributed by atoms with van der Waals surface area (Å²) in [6.07, 6.45) is 0. The molecule has 0 saturated heterocycles. The number of nitrogens with two attached hydrogens (primary N) is 1. The fraction of sp³-hybridized carbons (Fsp3) is 0.188. The predicted molar refractivity (Wildman–Crippen MR) is 87.9 cm³/mol. The molecular formula is C16H16Cl2N2O. The van der Waals surface area contributed by atoms with Gasteiger partial charge in [-0.1, -0.05) is 29.3 Å². The molecule has 0 aliphatic carbocycles. The first kappa shape index (κ1) is 15.7. The zero-order valence-corrected chi connectivity index (χ0v) is 13.4. The van der Waals surface area contributed by atoms with Crippen molar-refractivity contribution in [2.75, 3.05) is 12.8 Å². The minimum Gasteiger partial charge on any atom is -0.399 e. The molecule has 2 aromatic rings. The second-order valence-electron chi connectivity index (χ2n) is 4.97. The Balaban J connectivity index is 2.17. The van der Waals surface area contributed by atoms with Crippen molar-refractivity contribution in [1.82, 2.24) is 4.90 Å². The number of aryl methyl sites for hydroxylation is 1. The van der Waals surface area contributed by atoms with Gasteiger partial charge < -0.3 is 10.6 Å². The van der Waals surface area contributed by atoms with Gasteiger partial charge in [0.05, 0.1) is 0 Å². The number of rotatable bonds is 3. The Bertz CT molecular complexity index is 686. The van der Waals surface area contributed by atoms with Crippen LogP contribution in [0, 0.1) is 6.92 Å². The molecule has 2 rings (SSSR count).